The van der Waals surface area contributed by atoms with Crippen LogP contribution in [-0.4, -0.2) is 60.1 Å². The molecule has 1 saturated heterocycles. The Morgan fingerprint density at radius 3 is 2.53 bits per heavy atom. The number of nitrogens with zero attached hydrogens (tertiary/aromatic N) is 2. The smallest absolute Gasteiger partial charge is 0.225 e. The number of β-amino-alcohol motifs (C(OH)–C–C–N with tert-alkyl or cyclic N) is 1. The van der Waals surface area contributed by atoms with Crippen LogP contribution in [-0.2, 0) is 4.79 Å². The molecular formula is C15H28N2O2. The minimum Gasteiger partial charge on any atom is -0.395 e. The van der Waals surface area contributed by atoms with Crippen LogP contribution in [0, 0.1) is 11.8 Å². The van der Waals surface area contributed by atoms with Gasteiger partial charge in [-0.25, -0.2) is 0 Å². The van der Waals surface area contributed by atoms with Gasteiger partial charge in [0.2, 0.25) is 5.91 Å². The van der Waals surface area contributed by atoms with Crippen molar-refractivity contribution in [3.63, 3.8) is 0 Å². The summed E-state index contributed by atoms with van der Waals surface area (Å²) in [5.41, 5.74) is 0. The lowest BCUT2D eigenvalue weighted by molar-refractivity contribution is -0.136. The summed E-state index contributed by atoms with van der Waals surface area (Å²) in [4.78, 5) is 16.9. The maximum Gasteiger partial charge on any atom is 0.225 e. The molecule has 1 aliphatic carbocycles. The van der Waals surface area contributed by atoms with Crippen LogP contribution in [0.5, 0.6) is 0 Å². The van der Waals surface area contributed by atoms with Gasteiger partial charge in [-0.2, -0.15) is 0 Å². The van der Waals surface area contributed by atoms with Gasteiger partial charge in [-0.1, -0.05) is 6.92 Å². The predicted octanol–water partition coefficient (Wildman–Crippen LogP) is 1.34. The first kappa shape index (κ1) is 14.8. The first-order valence-electron chi connectivity index (χ1n) is 7.82. The third-order valence-corrected chi connectivity index (χ3v) is 4.68. The highest BCUT2D eigenvalue weighted by Crippen LogP contribution is 2.29. The van der Waals surface area contributed by atoms with E-state index in [4.69, 9.17) is 5.11 Å². The average molecular weight is 268 g/mol. The van der Waals surface area contributed by atoms with Crippen molar-refractivity contribution >= 4 is 5.91 Å². The Balaban J connectivity index is 1.82. The quantitative estimate of drug-likeness (QED) is 0.840. The number of hydrogen-bond donors (Lipinski definition) is 1. The molecule has 2 fully saturated rings. The molecule has 19 heavy (non-hydrogen) atoms. The van der Waals surface area contributed by atoms with Gasteiger partial charge in [0.25, 0.3) is 0 Å². The lowest BCUT2D eigenvalue weighted by Crippen LogP contribution is -2.40. The maximum atomic E-state index is 12.5. The van der Waals surface area contributed by atoms with Crippen molar-refractivity contribution < 1.29 is 9.90 Å². The van der Waals surface area contributed by atoms with Crippen molar-refractivity contribution in [3.05, 3.63) is 0 Å². The molecule has 2 aliphatic rings. The Hall–Kier alpha value is -0.610. The highest BCUT2D eigenvalue weighted by Gasteiger charge is 2.28. The molecule has 2 rings (SSSR count). The normalized spacial score (nSPS) is 30.1. The minimum atomic E-state index is 0.217. The lowest BCUT2D eigenvalue weighted by atomic mass is 9.82. The zero-order valence-electron chi connectivity index (χ0n) is 12.2. The second-order valence-electron chi connectivity index (χ2n) is 6.20. The van der Waals surface area contributed by atoms with E-state index in [1.807, 2.05) is 0 Å². The molecule has 1 N–H and O–H groups in total. The first-order valence-corrected chi connectivity index (χ1v) is 7.82. The number of hydrogen-bond acceptors (Lipinski definition) is 3. The monoisotopic (exact) mass is 268 g/mol. The summed E-state index contributed by atoms with van der Waals surface area (Å²) in [6.07, 6.45) is 5.62. The molecule has 0 bridgehead atoms. The zero-order chi connectivity index (χ0) is 13.7. The fourth-order valence-corrected chi connectivity index (χ4v) is 3.32. The number of aliphatic hydroxyl groups is 1. The van der Waals surface area contributed by atoms with Crippen LogP contribution >= 0.6 is 0 Å². The number of rotatable bonds is 3. The Morgan fingerprint density at radius 1 is 1.11 bits per heavy atom. The second-order valence-corrected chi connectivity index (χ2v) is 6.20. The molecule has 4 heteroatoms. The molecule has 1 amide bonds. The van der Waals surface area contributed by atoms with Crippen LogP contribution in [0.25, 0.3) is 0 Å². The first-order chi connectivity index (χ1) is 9.20. The van der Waals surface area contributed by atoms with Gasteiger partial charge in [0, 0.05) is 32.1 Å². The van der Waals surface area contributed by atoms with Gasteiger partial charge in [-0.15, -0.1) is 0 Å². The van der Waals surface area contributed by atoms with Crippen molar-refractivity contribution in [2.75, 3.05) is 39.3 Å². The van der Waals surface area contributed by atoms with E-state index < -0.39 is 0 Å². The van der Waals surface area contributed by atoms with Gasteiger partial charge in [0.15, 0.2) is 0 Å². The van der Waals surface area contributed by atoms with Crippen molar-refractivity contribution in [2.24, 2.45) is 11.8 Å². The van der Waals surface area contributed by atoms with E-state index >= 15 is 0 Å². The van der Waals surface area contributed by atoms with E-state index in [-0.39, 0.29) is 12.5 Å². The van der Waals surface area contributed by atoms with Gasteiger partial charge < -0.3 is 10.0 Å². The summed E-state index contributed by atoms with van der Waals surface area (Å²) in [5.74, 6) is 1.46. The SMILES string of the molecule is CC1CCC(C(=O)N2CCCN(CCO)CC2)CC1. The number of carbonyl (C=O) groups excluding carboxylic acids is 1. The maximum absolute atomic E-state index is 12.5. The van der Waals surface area contributed by atoms with Crippen LogP contribution in [0.15, 0.2) is 0 Å². The van der Waals surface area contributed by atoms with Gasteiger partial charge in [0.1, 0.15) is 0 Å². The zero-order valence-corrected chi connectivity index (χ0v) is 12.2. The van der Waals surface area contributed by atoms with E-state index in [1.54, 1.807) is 0 Å². The van der Waals surface area contributed by atoms with Crippen LogP contribution in [0.1, 0.15) is 39.0 Å². The molecule has 1 aliphatic heterocycles. The summed E-state index contributed by atoms with van der Waals surface area (Å²) < 4.78 is 0. The molecule has 0 unspecified atom stereocenters. The van der Waals surface area contributed by atoms with Crippen molar-refractivity contribution in [2.45, 2.75) is 39.0 Å². The van der Waals surface area contributed by atoms with Gasteiger partial charge >= 0.3 is 0 Å². The molecule has 1 saturated carbocycles. The van der Waals surface area contributed by atoms with Crippen molar-refractivity contribution in [3.8, 4) is 0 Å². The van der Waals surface area contributed by atoms with E-state index in [9.17, 15) is 4.79 Å². The summed E-state index contributed by atoms with van der Waals surface area (Å²) in [6.45, 7) is 6.90. The Kier molecular flexibility index (Phi) is 5.64. The molecule has 0 spiro atoms. The van der Waals surface area contributed by atoms with Crippen molar-refractivity contribution in [1.29, 1.82) is 0 Å². The van der Waals surface area contributed by atoms with Gasteiger partial charge in [-0.3, -0.25) is 9.69 Å². The summed E-state index contributed by atoms with van der Waals surface area (Å²) in [6, 6.07) is 0. The Bertz CT molecular complexity index is 288. The topological polar surface area (TPSA) is 43.8 Å². The van der Waals surface area contributed by atoms with Crippen LogP contribution in [0.4, 0.5) is 0 Å². The second kappa shape index (κ2) is 7.25. The summed E-state index contributed by atoms with van der Waals surface area (Å²) in [7, 11) is 0. The van der Waals surface area contributed by atoms with Gasteiger partial charge in [-0.05, 0) is 44.6 Å². The fraction of sp³-hybridized carbons (Fsp3) is 0.933. The van der Waals surface area contributed by atoms with E-state index in [1.165, 1.54) is 12.8 Å². The summed E-state index contributed by atoms with van der Waals surface area (Å²) in [5, 5.41) is 8.99. The predicted molar refractivity (Wildman–Crippen MR) is 75.8 cm³/mol. The molecule has 110 valence electrons. The van der Waals surface area contributed by atoms with Crippen molar-refractivity contribution in [1.82, 2.24) is 9.80 Å². The van der Waals surface area contributed by atoms with Crippen LogP contribution in [0.2, 0.25) is 0 Å². The number of carbonyl (C=O) groups is 1. The molecule has 0 aromatic heterocycles. The molecule has 1 heterocycles. The third-order valence-electron chi connectivity index (χ3n) is 4.68. The number of amides is 1. The van der Waals surface area contributed by atoms with E-state index in [0.717, 1.165) is 57.9 Å². The standard InChI is InChI=1S/C15H28N2O2/c1-13-3-5-14(6-4-13)15(19)17-8-2-7-16(9-10-17)11-12-18/h13-14,18H,2-12H2,1H3. The van der Waals surface area contributed by atoms with E-state index in [2.05, 4.69) is 16.7 Å². The highest BCUT2D eigenvalue weighted by atomic mass is 16.3. The van der Waals surface area contributed by atoms with Crippen LogP contribution < -0.4 is 0 Å². The lowest BCUT2D eigenvalue weighted by Gasteiger charge is -2.30. The molecule has 4 nitrogen and oxygen atoms in total. The Morgan fingerprint density at radius 2 is 1.84 bits per heavy atom. The highest BCUT2D eigenvalue weighted by molar-refractivity contribution is 5.79. The molecule has 0 aromatic carbocycles. The van der Waals surface area contributed by atoms with E-state index in [0.29, 0.717) is 5.91 Å². The fourth-order valence-electron chi connectivity index (χ4n) is 3.32. The largest absolute Gasteiger partial charge is 0.395 e. The minimum absolute atomic E-state index is 0.217. The Labute approximate surface area is 116 Å². The molecular weight excluding hydrogens is 240 g/mol. The summed E-state index contributed by atoms with van der Waals surface area (Å²) >= 11 is 0. The molecule has 0 radical (unpaired) electrons. The molecule has 0 aromatic rings. The molecule has 0 atom stereocenters. The third kappa shape index (κ3) is 4.18. The average Bonchev–Trinajstić information content (AvgIpc) is 2.65. The van der Waals surface area contributed by atoms with Crippen LogP contribution in [0.3, 0.4) is 0 Å². The van der Waals surface area contributed by atoms with Gasteiger partial charge in [0.05, 0.1) is 6.61 Å². The number of aliphatic hydroxyl groups excluding tert-OH is 1.